The third kappa shape index (κ3) is 4.17. The lowest BCUT2D eigenvalue weighted by atomic mass is 10.00. The highest BCUT2D eigenvalue weighted by molar-refractivity contribution is 7.90. The topological polar surface area (TPSA) is 34.1 Å². The van der Waals surface area contributed by atoms with Crippen molar-refractivity contribution in [1.29, 1.82) is 0 Å². The second-order valence-corrected chi connectivity index (χ2v) is 6.89. The van der Waals surface area contributed by atoms with Gasteiger partial charge in [0.2, 0.25) is 0 Å². The molecule has 2 nitrogen and oxygen atoms in total. The van der Waals surface area contributed by atoms with E-state index < -0.39 is 9.84 Å². The molecule has 0 bridgehead atoms. The van der Waals surface area contributed by atoms with E-state index in [4.69, 9.17) is 0 Å². The molecular formula is C18H18O2S. The van der Waals surface area contributed by atoms with Crippen LogP contribution in [0.25, 0.3) is 11.6 Å². The van der Waals surface area contributed by atoms with Crippen LogP contribution in [-0.2, 0) is 9.84 Å². The Bertz CT molecular complexity index is 740. The summed E-state index contributed by atoms with van der Waals surface area (Å²) < 4.78 is 23.0. The van der Waals surface area contributed by atoms with E-state index in [-0.39, 0.29) is 0 Å². The first-order chi connectivity index (χ1) is 10.0. The van der Waals surface area contributed by atoms with E-state index >= 15 is 0 Å². The molecule has 0 aliphatic rings. The van der Waals surface area contributed by atoms with Crippen molar-refractivity contribution in [3.05, 3.63) is 78.4 Å². The van der Waals surface area contributed by atoms with Crippen molar-refractivity contribution < 1.29 is 8.42 Å². The molecule has 108 valence electrons. The average molecular weight is 298 g/mol. The average Bonchev–Trinajstić information content (AvgIpc) is 2.47. The summed E-state index contributed by atoms with van der Waals surface area (Å²) in [7, 11) is -3.16. The molecule has 0 atom stereocenters. The van der Waals surface area contributed by atoms with Crippen LogP contribution in [0.1, 0.15) is 17.5 Å². The molecule has 0 fully saturated rings. The SMILES string of the molecule is C=CCC(=Cc1ccccc1)c1ccc(S(C)(=O)=O)cc1. The first kappa shape index (κ1) is 15.3. The Kier molecular flexibility index (Phi) is 4.76. The Morgan fingerprint density at radius 3 is 2.19 bits per heavy atom. The van der Waals surface area contributed by atoms with Gasteiger partial charge in [0, 0.05) is 6.26 Å². The minimum Gasteiger partial charge on any atom is -0.224 e. The van der Waals surface area contributed by atoms with Crippen LogP contribution in [0.15, 0.2) is 72.1 Å². The van der Waals surface area contributed by atoms with Crippen molar-refractivity contribution in [3.63, 3.8) is 0 Å². The van der Waals surface area contributed by atoms with Gasteiger partial charge in [0.25, 0.3) is 0 Å². The predicted molar refractivity (Wildman–Crippen MR) is 88.7 cm³/mol. The number of hydrogen-bond acceptors (Lipinski definition) is 2. The van der Waals surface area contributed by atoms with E-state index in [1.807, 2.05) is 48.5 Å². The summed E-state index contributed by atoms with van der Waals surface area (Å²) in [5.74, 6) is 0. The van der Waals surface area contributed by atoms with Gasteiger partial charge in [-0.3, -0.25) is 0 Å². The first-order valence-electron chi connectivity index (χ1n) is 6.68. The lowest BCUT2D eigenvalue weighted by Gasteiger charge is -2.07. The predicted octanol–water partition coefficient (Wildman–Crippen LogP) is 4.21. The number of sulfone groups is 1. The van der Waals surface area contributed by atoms with Crippen molar-refractivity contribution in [2.75, 3.05) is 6.26 Å². The Hall–Kier alpha value is -2.13. The Morgan fingerprint density at radius 2 is 1.67 bits per heavy atom. The summed E-state index contributed by atoms with van der Waals surface area (Å²) >= 11 is 0. The summed E-state index contributed by atoms with van der Waals surface area (Å²) in [6, 6.07) is 17.0. The van der Waals surface area contributed by atoms with Gasteiger partial charge >= 0.3 is 0 Å². The molecule has 0 heterocycles. The van der Waals surface area contributed by atoms with E-state index in [1.54, 1.807) is 12.1 Å². The highest BCUT2D eigenvalue weighted by Crippen LogP contribution is 2.23. The van der Waals surface area contributed by atoms with Gasteiger partial charge < -0.3 is 0 Å². The van der Waals surface area contributed by atoms with Crippen LogP contribution in [0.3, 0.4) is 0 Å². The van der Waals surface area contributed by atoms with Crippen LogP contribution >= 0.6 is 0 Å². The van der Waals surface area contributed by atoms with E-state index in [0.717, 1.165) is 23.1 Å². The molecular weight excluding hydrogens is 280 g/mol. The minimum atomic E-state index is -3.16. The molecule has 2 aromatic rings. The monoisotopic (exact) mass is 298 g/mol. The molecule has 21 heavy (non-hydrogen) atoms. The third-order valence-electron chi connectivity index (χ3n) is 3.16. The maximum absolute atomic E-state index is 11.5. The van der Waals surface area contributed by atoms with Gasteiger partial charge in [0.1, 0.15) is 0 Å². The number of rotatable bonds is 5. The highest BCUT2D eigenvalue weighted by atomic mass is 32.2. The molecule has 2 aromatic carbocycles. The van der Waals surface area contributed by atoms with Crippen LogP contribution in [0.4, 0.5) is 0 Å². The Labute approximate surface area is 126 Å². The summed E-state index contributed by atoms with van der Waals surface area (Å²) in [5, 5.41) is 0. The molecule has 0 unspecified atom stereocenters. The van der Waals surface area contributed by atoms with Gasteiger partial charge in [0.05, 0.1) is 4.90 Å². The Balaban J connectivity index is 2.39. The number of benzene rings is 2. The fourth-order valence-electron chi connectivity index (χ4n) is 2.08. The van der Waals surface area contributed by atoms with Crippen LogP contribution in [0.2, 0.25) is 0 Å². The van der Waals surface area contributed by atoms with Gasteiger partial charge in [-0.15, -0.1) is 6.58 Å². The van der Waals surface area contributed by atoms with Crippen molar-refractivity contribution in [2.45, 2.75) is 11.3 Å². The molecule has 0 aliphatic carbocycles. The third-order valence-corrected chi connectivity index (χ3v) is 4.29. The second kappa shape index (κ2) is 6.55. The van der Waals surface area contributed by atoms with Crippen molar-refractivity contribution in [2.24, 2.45) is 0 Å². The molecule has 0 saturated heterocycles. The van der Waals surface area contributed by atoms with E-state index in [0.29, 0.717) is 4.90 Å². The highest BCUT2D eigenvalue weighted by Gasteiger charge is 2.07. The number of hydrogen-bond donors (Lipinski definition) is 0. The van der Waals surface area contributed by atoms with Crippen molar-refractivity contribution >= 4 is 21.5 Å². The standard InChI is InChI=1S/C18H18O2S/c1-3-7-17(14-15-8-5-4-6-9-15)16-10-12-18(13-11-16)21(2,19)20/h3-6,8-14H,1,7H2,2H3. The molecule has 0 amide bonds. The van der Waals surface area contributed by atoms with Gasteiger partial charge in [-0.25, -0.2) is 8.42 Å². The van der Waals surface area contributed by atoms with Gasteiger partial charge in [-0.1, -0.05) is 54.6 Å². The summed E-state index contributed by atoms with van der Waals surface area (Å²) in [6.45, 7) is 3.79. The van der Waals surface area contributed by atoms with E-state index in [2.05, 4.69) is 12.7 Å². The second-order valence-electron chi connectivity index (χ2n) is 4.87. The summed E-state index contributed by atoms with van der Waals surface area (Å²) in [4.78, 5) is 0.337. The molecule has 0 radical (unpaired) electrons. The summed E-state index contributed by atoms with van der Waals surface area (Å²) in [6.07, 6.45) is 5.88. The summed E-state index contributed by atoms with van der Waals surface area (Å²) in [5.41, 5.74) is 3.23. The maximum Gasteiger partial charge on any atom is 0.175 e. The molecule has 0 aromatic heterocycles. The number of allylic oxidation sites excluding steroid dienone is 2. The van der Waals surface area contributed by atoms with Crippen LogP contribution < -0.4 is 0 Å². The molecule has 2 rings (SSSR count). The lowest BCUT2D eigenvalue weighted by molar-refractivity contribution is 0.602. The van der Waals surface area contributed by atoms with Gasteiger partial charge in [0.15, 0.2) is 9.84 Å². The fraction of sp³-hybridized carbons (Fsp3) is 0.111. The molecule has 0 N–H and O–H groups in total. The van der Waals surface area contributed by atoms with E-state index in [1.165, 1.54) is 6.26 Å². The minimum absolute atomic E-state index is 0.337. The van der Waals surface area contributed by atoms with Crippen LogP contribution in [-0.4, -0.2) is 14.7 Å². The Morgan fingerprint density at radius 1 is 1.05 bits per heavy atom. The fourth-order valence-corrected chi connectivity index (χ4v) is 2.71. The first-order valence-corrected chi connectivity index (χ1v) is 8.57. The molecule has 3 heteroatoms. The quantitative estimate of drug-likeness (QED) is 0.612. The largest absolute Gasteiger partial charge is 0.224 e. The molecule has 0 saturated carbocycles. The zero-order valence-corrected chi connectivity index (χ0v) is 12.8. The molecule has 0 aliphatic heterocycles. The van der Waals surface area contributed by atoms with Gasteiger partial charge in [-0.05, 0) is 35.3 Å². The van der Waals surface area contributed by atoms with Crippen LogP contribution in [0, 0.1) is 0 Å². The zero-order valence-electron chi connectivity index (χ0n) is 12.0. The van der Waals surface area contributed by atoms with Crippen molar-refractivity contribution in [3.8, 4) is 0 Å². The van der Waals surface area contributed by atoms with Gasteiger partial charge in [-0.2, -0.15) is 0 Å². The maximum atomic E-state index is 11.5. The zero-order chi connectivity index (χ0) is 15.3. The normalized spacial score (nSPS) is 12.1. The van der Waals surface area contributed by atoms with Crippen LogP contribution in [0.5, 0.6) is 0 Å². The van der Waals surface area contributed by atoms with E-state index in [9.17, 15) is 8.42 Å². The smallest absolute Gasteiger partial charge is 0.175 e. The van der Waals surface area contributed by atoms with Crippen molar-refractivity contribution in [1.82, 2.24) is 0 Å². The molecule has 0 spiro atoms. The lowest BCUT2D eigenvalue weighted by Crippen LogP contribution is -1.96.